The molecule has 0 bridgehead atoms. The van der Waals surface area contributed by atoms with Crippen LogP contribution < -0.4 is 5.73 Å². The highest BCUT2D eigenvalue weighted by Gasteiger charge is 2.53. The molecule has 0 saturated carbocycles. The van der Waals surface area contributed by atoms with Gasteiger partial charge < -0.3 is 25.8 Å². The maximum atomic E-state index is 10.5. The van der Waals surface area contributed by atoms with Crippen molar-refractivity contribution in [3.63, 3.8) is 0 Å². The molecule has 8 heteroatoms. The number of aliphatic hydroxyl groups is 3. The zero-order chi connectivity index (χ0) is 14.5. The highest BCUT2D eigenvalue weighted by atomic mass is 16.6. The van der Waals surface area contributed by atoms with Crippen LogP contribution in [0.15, 0.2) is 18.5 Å². The minimum atomic E-state index is -1.54. The third kappa shape index (κ3) is 1.70. The Morgan fingerprint density at radius 1 is 1.50 bits per heavy atom. The Labute approximate surface area is 114 Å². The smallest absolute Gasteiger partial charge is 0.151 e. The lowest BCUT2D eigenvalue weighted by molar-refractivity contribution is -0.0664. The maximum absolute atomic E-state index is 10.5. The number of hydrogen-bond donors (Lipinski definition) is 4. The Morgan fingerprint density at radius 3 is 2.90 bits per heavy atom. The van der Waals surface area contributed by atoms with Crippen LogP contribution in [0.4, 0.5) is 5.82 Å². The molecule has 0 aromatic carbocycles. The molecular weight excluding hydrogens is 264 g/mol. The summed E-state index contributed by atoms with van der Waals surface area (Å²) in [5, 5.41) is 33.7. The monoisotopic (exact) mass is 280 g/mol. The van der Waals surface area contributed by atoms with Crippen molar-refractivity contribution in [3.05, 3.63) is 24.2 Å². The van der Waals surface area contributed by atoms with Gasteiger partial charge in [-0.15, -0.1) is 0 Å². The van der Waals surface area contributed by atoms with Crippen molar-refractivity contribution in [2.45, 2.75) is 30.8 Å². The van der Waals surface area contributed by atoms with E-state index in [9.17, 15) is 15.3 Å². The lowest BCUT2D eigenvalue weighted by Gasteiger charge is -2.26. The molecule has 8 nitrogen and oxygen atoms in total. The molecule has 2 aromatic heterocycles. The Kier molecular flexibility index (Phi) is 2.91. The fourth-order valence-corrected chi connectivity index (χ4v) is 2.60. The van der Waals surface area contributed by atoms with Crippen LogP contribution in [0.3, 0.4) is 0 Å². The van der Waals surface area contributed by atoms with Gasteiger partial charge in [-0.3, -0.25) is 0 Å². The van der Waals surface area contributed by atoms with Gasteiger partial charge in [-0.25, -0.2) is 9.50 Å². The number of nitrogens with zero attached hydrogens (tertiary/aromatic N) is 3. The van der Waals surface area contributed by atoms with Gasteiger partial charge in [0.15, 0.2) is 5.82 Å². The second-order valence-corrected chi connectivity index (χ2v) is 5.11. The van der Waals surface area contributed by atoms with Crippen LogP contribution in [0.1, 0.15) is 18.7 Å². The van der Waals surface area contributed by atoms with E-state index in [-0.39, 0.29) is 6.61 Å². The number of aliphatic hydroxyl groups excluding tert-OH is 2. The van der Waals surface area contributed by atoms with Gasteiger partial charge in [-0.2, -0.15) is 5.10 Å². The van der Waals surface area contributed by atoms with E-state index in [1.807, 2.05) is 0 Å². The second kappa shape index (κ2) is 4.38. The normalized spacial score (nSPS) is 33.9. The number of ether oxygens (including phenoxy) is 1. The predicted molar refractivity (Wildman–Crippen MR) is 68.7 cm³/mol. The third-order valence-electron chi connectivity index (χ3n) is 3.75. The van der Waals surface area contributed by atoms with Crippen LogP contribution >= 0.6 is 0 Å². The minimum absolute atomic E-state index is 0.308. The average Bonchev–Trinajstić information content (AvgIpc) is 2.92. The number of hydrogen-bond acceptors (Lipinski definition) is 7. The van der Waals surface area contributed by atoms with Crippen molar-refractivity contribution in [2.24, 2.45) is 0 Å². The average molecular weight is 280 g/mol. The van der Waals surface area contributed by atoms with Crippen LogP contribution in [0.25, 0.3) is 5.52 Å². The van der Waals surface area contributed by atoms with Crippen molar-refractivity contribution in [2.75, 3.05) is 12.3 Å². The Balaban J connectivity index is 2.10. The zero-order valence-electron chi connectivity index (χ0n) is 10.8. The van der Waals surface area contributed by atoms with Crippen molar-refractivity contribution < 1.29 is 20.1 Å². The lowest BCUT2D eigenvalue weighted by Crippen LogP contribution is -2.43. The summed E-state index contributed by atoms with van der Waals surface area (Å²) >= 11 is 0. The molecule has 2 aromatic rings. The van der Waals surface area contributed by atoms with Gasteiger partial charge >= 0.3 is 0 Å². The van der Waals surface area contributed by atoms with Crippen LogP contribution in [0.2, 0.25) is 0 Å². The summed E-state index contributed by atoms with van der Waals surface area (Å²) in [4.78, 5) is 3.88. The lowest BCUT2D eigenvalue weighted by atomic mass is 9.91. The van der Waals surface area contributed by atoms with Crippen molar-refractivity contribution >= 4 is 11.3 Å². The maximum Gasteiger partial charge on any atom is 0.151 e. The van der Waals surface area contributed by atoms with E-state index in [4.69, 9.17) is 10.5 Å². The first-order chi connectivity index (χ1) is 9.46. The molecule has 0 aliphatic carbocycles. The molecule has 0 radical (unpaired) electrons. The second-order valence-electron chi connectivity index (χ2n) is 5.11. The molecule has 0 spiro atoms. The largest absolute Gasteiger partial charge is 0.394 e. The summed E-state index contributed by atoms with van der Waals surface area (Å²) in [5.41, 5.74) is 5.33. The van der Waals surface area contributed by atoms with Gasteiger partial charge in [-0.1, -0.05) is 0 Å². The number of anilines is 1. The number of aromatic nitrogens is 3. The number of fused-ring (bicyclic) bond motifs is 1. The molecule has 1 aliphatic rings. The summed E-state index contributed by atoms with van der Waals surface area (Å²) in [5.74, 6) is 0.308. The SMILES string of the molecule is C[C@]1(O)C(O)[C@@H](CO)O[C@H]1c1ccc2c(N)ncnn12. The number of nitrogen functional groups attached to an aromatic ring is 1. The van der Waals surface area contributed by atoms with E-state index < -0.39 is 23.9 Å². The number of rotatable bonds is 2. The molecule has 5 N–H and O–H groups in total. The van der Waals surface area contributed by atoms with Gasteiger partial charge in [0, 0.05) is 0 Å². The number of nitrogens with two attached hydrogens (primary N) is 1. The first kappa shape index (κ1) is 13.3. The summed E-state index contributed by atoms with van der Waals surface area (Å²) in [6, 6.07) is 3.41. The van der Waals surface area contributed by atoms with Crippen LogP contribution in [-0.2, 0) is 4.74 Å². The van der Waals surface area contributed by atoms with Gasteiger partial charge in [-0.05, 0) is 19.1 Å². The molecule has 1 unspecified atom stereocenters. The third-order valence-corrected chi connectivity index (χ3v) is 3.75. The highest BCUT2D eigenvalue weighted by Crippen LogP contribution is 2.41. The Hall–Kier alpha value is -1.74. The topological polar surface area (TPSA) is 126 Å². The standard InChI is InChI=1S/C12H16N4O4/c1-12(19)9(18)8(4-17)20-10(12)6-2-3-7-11(13)14-5-15-16(6)7/h2-3,5,8-10,17-19H,4H2,1H3,(H2,13,14,15)/t8-,9?,10+,12+/m1/s1. The van der Waals surface area contributed by atoms with E-state index in [0.717, 1.165) is 0 Å². The fourth-order valence-electron chi connectivity index (χ4n) is 2.60. The molecule has 20 heavy (non-hydrogen) atoms. The Morgan fingerprint density at radius 2 is 2.25 bits per heavy atom. The minimum Gasteiger partial charge on any atom is -0.394 e. The molecular formula is C12H16N4O4. The van der Waals surface area contributed by atoms with E-state index in [2.05, 4.69) is 10.1 Å². The van der Waals surface area contributed by atoms with Gasteiger partial charge in [0.05, 0.1) is 12.3 Å². The van der Waals surface area contributed by atoms with Crippen LogP contribution in [0, 0.1) is 0 Å². The summed E-state index contributed by atoms with van der Waals surface area (Å²) in [6.07, 6.45) is -1.57. The fraction of sp³-hybridized carbons (Fsp3) is 0.500. The molecule has 3 rings (SSSR count). The van der Waals surface area contributed by atoms with E-state index in [0.29, 0.717) is 17.0 Å². The summed E-state index contributed by atoms with van der Waals surface area (Å²) < 4.78 is 7.07. The summed E-state index contributed by atoms with van der Waals surface area (Å²) in [7, 11) is 0. The van der Waals surface area contributed by atoms with E-state index in [1.165, 1.54) is 17.8 Å². The molecule has 0 amide bonds. The summed E-state index contributed by atoms with van der Waals surface area (Å²) in [6.45, 7) is 1.08. The van der Waals surface area contributed by atoms with Gasteiger partial charge in [0.25, 0.3) is 0 Å². The predicted octanol–water partition coefficient (Wildman–Crippen LogP) is -1.14. The van der Waals surface area contributed by atoms with Crippen LogP contribution in [-0.4, -0.2) is 54.3 Å². The Bertz CT molecular complexity index is 641. The first-order valence-corrected chi connectivity index (χ1v) is 6.21. The van der Waals surface area contributed by atoms with Crippen molar-refractivity contribution in [1.82, 2.24) is 14.6 Å². The van der Waals surface area contributed by atoms with Crippen molar-refractivity contribution in [1.29, 1.82) is 0 Å². The molecule has 1 fully saturated rings. The molecule has 3 heterocycles. The molecule has 1 aliphatic heterocycles. The van der Waals surface area contributed by atoms with Crippen molar-refractivity contribution in [3.8, 4) is 0 Å². The first-order valence-electron chi connectivity index (χ1n) is 6.21. The highest BCUT2D eigenvalue weighted by molar-refractivity contribution is 5.65. The van der Waals surface area contributed by atoms with Gasteiger partial charge in [0.1, 0.15) is 35.8 Å². The van der Waals surface area contributed by atoms with E-state index >= 15 is 0 Å². The zero-order valence-corrected chi connectivity index (χ0v) is 10.8. The molecule has 1 saturated heterocycles. The quantitative estimate of drug-likeness (QED) is 0.547. The molecule has 4 atom stereocenters. The van der Waals surface area contributed by atoms with Gasteiger partial charge in [0.2, 0.25) is 0 Å². The molecule has 108 valence electrons. The van der Waals surface area contributed by atoms with E-state index in [1.54, 1.807) is 12.1 Å². The van der Waals surface area contributed by atoms with Crippen LogP contribution in [0.5, 0.6) is 0 Å².